The summed E-state index contributed by atoms with van der Waals surface area (Å²) in [6, 6.07) is 20.1. The Morgan fingerprint density at radius 3 is 2.50 bits per heavy atom. The highest BCUT2D eigenvalue weighted by Crippen LogP contribution is 2.35. The lowest BCUT2D eigenvalue weighted by molar-refractivity contribution is 0.0697. The summed E-state index contributed by atoms with van der Waals surface area (Å²) in [6.45, 7) is 5.88. The number of nitrogens with zero attached hydrogens (tertiary/aromatic N) is 2. The summed E-state index contributed by atoms with van der Waals surface area (Å²) in [4.78, 5) is 11.2. The molecule has 34 heavy (non-hydrogen) atoms. The second-order valence-electron chi connectivity index (χ2n) is 7.97. The minimum absolute atomic E-state index is 0.0838. The molecule has 0 saturated carbocycles. The number of hydrazone groups is 1. The van der Waals surface area contributed by atoms with Crippen LogP contribution in [0.15, 0.2) is 71.8 Å². The Labute approximate surface area is 202 Å². The number of aromatic carboxylic acids is 1. The van der Waals surface area contributed by atoms with Crippen LogP contribution in [0.1, 0.15) is 34.0 Å². The average Bonchev–Trinajstić information content (AvgIpc) is 3.11. The number of thiocarbonyl (C=S) groups is 1. The van der Waals surface area contributed by atoms with E-state index in [-0.39, 0.29) is 16.6 Å². The molecule has 0 unspecified atom stereocenters. The number of carboxylic acids is 1. The number of nitrogens with one attached hydrogen (secondary N) is 2. The smallest absolute Gasteiger partial charge is 0.335 e. The Hall–Kier alpha value is -4.17. The van der Waals surface area contributed by atoms with Gasteiger partial charge in [-0.25, -0.2) is 4.79 Å². The van der Waals surface area contributed by atoms with Crippen molar-refractivity contribution in [2.45, 2.75) is 20.8 Å². The lowest BCUT2D eigenvalue weighted by atomic mass is 10.1. The highest BCUT2D eigenvalue weighted by atomic mass is 32.1. The monoisotopic (exact) mass is 472 g/mol. The molecular formula is C26H24N4O3S. The van der Waals surface area contributed by atoms with Crippen LogP contribution in [0.2, 0.25) is 0 Å². The van der Waals surface area contributed by atoms with Gasteiger partial charge in [0, 0.05) is 16.8 Å². The molecule has 4 N–H and O–H groups in total. The number of aryl methyl sites for hydroxylation is 2. The molecule has 0 aliphatic carbocycles. The Morgan fingerprint density at radius 2 is 1.76 bits per heavy atom. The highest BCUT2D eigenvalue weighted by molar-refractivity contribution is 7.80. The molecule has 4 aromatic rings. The SMILES string of the molecule is C/C(=N\NC(=S)Nc1cccc(C(=O)O)c1)c1c(O)n(-c2ccc(C)c(C)c2)c2ccccc12. The van der Waals surface area contributed by atoms with Crippen LogP contribution in [0.3, 0.4) is 0 Å². The molecule has 0 fully saturated rings. The number of anilines is 1. The van der Waals surface area contributed by atoms with Gasteiger partial charge in [-0.15, -0.1) is 0 Å². The zero-order valence-electron chi connectivity index (χ0n) is 19.0. The van der Waals surface area contributed by atoms with Crippen LogP contribution in [-0.2, 0) is 0 Å². The van der Waals surface area contributed by atoms with E-state index >= 15 is 0 Å². The van der Waals surface area contributed by atoms with Crippen molar-refractivity contribution in [3.63, 3.8) is 0 Å². The van der Waals surface area contributed by atoms with Crippen LogP contribution in [0.4, 0.5) is 5.69 Å². The van der Waals surface area contributed by atoms with E-state index in [4.69, 9.17) is 17.3 Å². The number of rotatable bonds is 5. The number of hydrogen-bond donors (Lipinski definition) is 4. The fourth-order valence-corrected chi connectivity index (χ4v) is 3.95. The first-order chi connectivity index (χ1) is 16.3. The predicted molar refractivity (Wildman–Crippen MR) is 139 cm³/mol. The van der Waals surface area contributed by atoms with Gasteiger partial charge in [-0.2, -0.15) is 5.10 Å². The lowest BCUT2D eigenvalue weighted by Gasteiger charge is -2.10. The molecule has 1 heterocycles. The van der Waals surface area contributed by atoms with E-state index in [1.807, 2.05) is 54.0 Å². The van der Waals surface area contributed by atoms with Gasteiger partial charge in [0.1, 0.15) is 0 Å². The van der Waals surface area contributed by atoms with Gasteiger partial charge >= 0.3 is 5.97 Å². The van der Waals surface area contributed by atoms with E-state index in [2.05, 4.69) is 22.8 Å². The van der Waals surface area contributed by atoms with Gasteiger partial charge in [0.2, 0.25) is 5.88 Å². The minimum atomic E-state index is -1.02. The van der Waals surface area contributed by atoms with Crippen molar-refractivity contribution in [1.29, 1.82) is 0 Å². The summed E-state index contributed by atoms with van der Waals surface area (Å²) in [5, 5.41) is 28.7. The van der Waals surface area contributed by atoms with Gasteiger partial charge in [0.05, 0.1) is 22.4 Å². The van der Waals surface area contributed by atoms with Crippen LogP contribution in [0, 0.1) is 13.8 Å². The zero-order valence-corrected chi connectivity index (χ0v) is 19.8. The van der Waals surface area contributed by atoms with Crippen molar-refractivity contribution in [2.24, 2.45) is 5.10 Å². The van der Waals surface area contributed by atoms with Gasteiger partial charge in [-0.05, 0) is 80.5 Å². The third-order valence-electron chi connectivity index (χ3n) is 5.65. The van der Waals surface area contributed by atoms with E-state index < -0.39 is 5.97 Å². The van der Waals surface area contributed by atoms with Crippen molar-refractivity contribution < 1.29 is 15.0 Å². The minimum Gasteiger partial charge on any atom is -0.494 e. The summed E-state index contributed by atoms with van der Waals surface area (Å²) in [5.41, 5.74) is 8.62. The standard InChI is InChI=1S/C26H24N4O3S/c1-15-11-12-20(13-16(15)2)30-22-10-5-4-9-21(22)23(24(30)31)17(3)28-29-26(34)27-19-8-6-7-18(14-19)25(32)33/h4-14,31H,1-3H3,(H,32,33)(H2,27,29,34)/b28-17+. The highest BCUT2D eigenvalue weighted by Gasteiger charge is 2.20. The first kappa shape index (κ1) is 23.0. The van der Waals surface area contributed by atoms with Gasteiger partial charge in [-0.3, -0.25) is 9.99 Å². The molecule has 3 aromatic carbocycles. The quantitative estimate of drug-likeness (QED) is 0.177. The first-order valence-electron chi connectivity index (χ1n) is 10.6. The molecule has 0 spiro atoms. The van der Waals surface area contributed by atoms with Crippen LogP contribution >= 0.6 is 12.2 Å². The summed E-state index contributed by atoms with van der Waals surface area (Å²) in [6.07, 6.45) is 0. The van der Waals surface area contributed by atoms with Gasteiger partial charge < -0.3 is 15.5 Å². The second-order valence-corrected chi connectivity index (χ2v) is 8.38. The molecular weight excluding hydrogens is 448 g/mol. The molecule has 7 nitrogen and oxygen atoms in total. The fourth-order valence-electron chi connectivity index (χ4n) is 3.79. The Morgan fingerprint density at radius 1 is 1.00 bits per heavy atom. The third-order valence-corrected chi connectivity index (χ3v) is 5.85. The van der Waals surface area contributed by atoms with Gasteiger partial charge in [-0.1, -0.05) is 30.3 Å². The van der Waals surface area contributed by atoms with E-state index in [9.17, 15) is 9.90 Å². The maximum absolute atomic E-state index is 11.2. The number of para-hydroxylation sites is 1. The molecule has 4 rings (SSSR count). The molecule has 0 amide bonds. The zero-order chi connectivity index (χ0) is 24.4. The number of hydrogen-bond acceptors (Lipinski definition) is 4. The van der Waals surface area contributed by atoms with E-state index in [0.717, 1.165) is 22.2 Å². The molecule has 0 radical (unpaired) electrons. The number of carboxylic acid groups (broad SMARTS) is 1. The van der Waals surface area contributed by atoms with Crippen molar-refractivity contribution in [3.05, 3.63) is 89.0 Å². The lowest BCUT2D eigenvalue weighted by Crippen LogP contribution is -2.25. The summed E-state index contributed by atoms with van der Waals surface area (Å²) in [5.74, 6) is -0.937. The van der Waals surface area contributed by atoms with Crippen LogP contribution < -0.4 is 10.7 Å². The normalized spacial score (nSPS) is 11.4. The first-order valence-corrected chi connectivity index (χ1v) is 11.0. The van der Waals surface area contributed by atoms with E-state index in [0.29, 0.717) is 17.0 Å². The van der Waals surface area contributed by atoms with Crippen molar-refractivity contribution >= 4 is 45.6 Å². The summed E-state index contributed by atoms with van der Waals surface area (Å²) in [7, 11) is 0. The van der Waals surface area contributed by atoms with Crippen LogP contribution in [0.5, 0.6) is 5.88 Å². The summed E-state index contributed by atoms with van der Waals surface area (Å²) >= 11 is 5.31. The van der Waals surface area contributed by atoms with Crippen LogP contribution in [0.25, 0.3) is 16.6 Å². The largest absolute Gasteiger partial charge is 0.494 e. The fraction of sp³-hybridized carbons (Fsp3) is 0.115. The van der Waals surface area contributed by atoms with E-state index in [1.54, 1.807) is 19.1 Å². The van der Waals surface area contributed by atoms with Crippen molar-refractivity contribution in [3.8, 4) is 11.6 Å². The second kappa shape index (κ2) is 9.36. The van der Waals surface area contributed by atoms with Crippen LogP contribution in [-0.4, -0.2) is 31.6 Å². The van der Waals surface area contributed by atoms with Gasteiger partial charge in [0.25, 0.3) is 0 Å². The third kappa shape index (κ3) is 4.49. The topological polar surface area (TPSA) is 98.9 Å². The molecule has 0 aliphatic rings. The van der Waals surface area contributed by atoms with Crippen molar-refractivity contribution in [1.82, 2.24) is 9.99 Å². The molecule has 1 aromatic heterocycles. The van der Waals surface area contributed by atoms with E-state index in [1.165, 1.54) is 17.7 Å². The predicted octanol–water partition coefficient (Wildman–Crippen LogP) is 5.36. The maximum Gasteiger partial charge on any atom is 0.335 e. The molecule has 0 atom stereocenters. The maximum atomic E-state index is 11.2. The number of aromatic hydroxyl groups is 1. The number of aromatic nitrogens is 1. The molecule has 0 saturated heterocycles. The molecule has 172 valence electrons. The molecule has 0 bridgehead atoms. The molecule has 8 heteroatoms. The number of benzene rings is 3. The Balaban J connectivity index is 1.65. The Bertz CT molecular complexity index is 1460. The van der Waals surface area contributed by atoms with Crippen molar-refractivity contribution in [2.75, 3.05) is 5.32 Å². The number of fused-ring (bicyclic) bond motifs is 1. The number of carbonyl (C=O) groups is 1. The average molecular weight is 473 g/mol. The molecule has 0 aliphatic heterocycles. The Kier molecular flexibility index (Phi) is 6.34. The summed E-state index contributed by atoms with van der Waals surface area (Å²) < 4.78 is 1.81. The van der Waals surface area contributed by atoms with Gasteiger partial charge in [0.15, 0.2) is 5.11 Å².